The topological polar surface area (TPSA) is 75.7 Å². The molecule has 9 heteroatoms. The van der Waals surface area contributed by atoms with Crippen LogP contribution in [-0.2, 0) is 14.3 Å². The fraction of sp³-hybridized carbons (Fsp3) is 0.571. The predicted octanol–water partition coefficient (Wildman–Crippen LogP) is 3.13. The smallest absolute Gasteiger partial charge is 0.306 e. The van der Waals surface area contributed by atoms with Gasteiger partial charge in [-0.1, -0.05) is 6.07 Å². The summed E-state index contributed by atoms with van der Waals surface area (Å²) >= 11 is 11.6. The quantitative estimate of drug-likeness (QED) is 0.172. The number of ether oxygens (including phenoxy) is 1. The molecule has 0 aliphatic carbocycles. The molecule has 0 saturated heterocycles. The molecule has 0 heterocycles. The molecule has 1 rings (SSSR count). The summed E-state index contributed by atoms with van der Waals surface area (Å²) in [7, 11) is 1.29. The summed E-state index contributed by atoms with van der Waals surface area (Å²) in [5, 5.41) is 2.91. The number of carbonyl (C=O) groups is 3. The van der Waals surface area contributed by atoms with E-state index in [0.29, 0.717) is 43.1 Å². The van der Waals surface area contributed by atoms with Crippen molar-refractivity contribution in [3.8, 4) is 0 Å². The van der Waals surface area contributed by atoms with E-state index in [1.54, 1.807) is 17.0 Å². The highest BCUT2D eigenvalue weighted by molar-refractivity contribution is 6.64. The van der Waals surface area contributed by atoms with E-state index >= 15 is 0 Å². The minimum absolute atomic E-state index is 0.114. The van der Waals surface area contributed by atoms with Crippen molar-refractivity contribution >= 4 is 48.7 Å². The highest BCUT2D eigenvalue weighted by Gasteiger charge is 2.24. The molecule has 0 aliphatic heterocycles. The molecule has 1 N–H and O–H groups in total. The van der Waals surface area contributed by atoms with Gasteiger partial charge in [-0.05, 0) is 57.5 Å². The summed E-state index contributed by atoms with van der Waals surface area (Å²) in [5.74, 6) is -0.163. The molecule has 1 atom stereocenters. The van der Waals surface area contributed by atoms with E-state index in [4.69, 9.17) is 27.9 Å². The van der Waals surface area contributed by atoms with E-state index in [0.717, 1.165) is 11.1 Å². The van der Waals surface area contributed by atoms with Gasteiger partial charge in [0.1, 0.15) is 5.60 Å². The zero-order valence-corrected chi connectivity index (χ0v) is 19.6. The van der Waals surface area contributed by atoms with Crippen molar-refractivity contribution in [1.29, 1.82) is 0 Å². The lowest BCUT2D eigenvalue weighted by atomic mass is 9.88. The van der Waals surface area contributed by atoms with Gasteiger partial charge in [0.15, 0.2) is 0 Å². The molecule has 0 spiro atoms. The van der Waals surface area contributed by atoms with Crippen LogP contribution in [0, 0.1) is 6.92 Å². The van der Waals surface area contributed by atoms with Crippen LogP contribution in [0.3, 0.4) is 0 Å². The number of esters is 1. The molecule has 165 valence electrons. The van der Waals surface area contributed by atoms with Crippen LogP contribution >= 0.6 is 23.2 Å². The number of rotatable bonds is 12. The van der Waals surface area contributed by atoms with Crippen LogP contribution in [0.15, 0.2) is 18.2 Å². The summed E-state index contributed by atoms with van der Waals surface area (Å²) in [6.45, 7) is 8.50. The molecule has 1 amide bonds. The first-order valence-corrected chi connectivity index (χ1v) is 10.9. The Balaban J connectivity index is 3.18. The fourth-order valence-corrected chi connectivity index (χ4v) is 3.46. The number of nitrogens with one attached hydrogen (secondary N) is 1. The highest BCUT2D eigenvalue weighted by Crippen LogP contribution is 2.26. The van der Waals surface area contributed by atoms with Gasteiger partial charge < -0.3 is 19.7 Å². The van der Waals surface area contributed by atoms with E-state index in [-0.39, 0.29) is 24.2 Å². The number of halogens is 2. The maximum Gasteiger partial charge on any atom is 0.306 e. The van der Waals surface area contributed by atoms with Gasteiger partial charge in [0.05, 0.1) is 12.6 Å². The Morgan fingerprint density at radius 2 is 1.87 bits per heavy atom. The summed E-state index contributed by atoms with van der Waals surface area (Å²) in [6, 6.07) is 5.41. The molecule has 1 radical (unpaired) electrons. The number of nitrogens with zero attached hydrogens (tertiary/aromatic N) is 1. The monoisotopic (exact) mass is 455 g/mol. The van der Waals surface area contributed by atoms with E-state index in [1.165, 1.54) is 7.41 Å². The third-order valence-corrected chi connectivity index (χ3v) is 4.68. The van der Waals surface area contributed by atoms with Crippen LogP contribution in [0.5, 0.6) is 0 Å². The first-order chi connectivity index (χ1) is 14.1. The average Bonchev–Trinajstić information content (AvgIpc) is 2.65. The number of hydrogen-bond donors (Lipinski definition) is 1. The molecular weight excluding hydrogens is 426 g/mol. The third kappa shape index (κ3) is 9.06. The molecule has 30 heavy (non-hydrogen) atoms. The molecule has 1 unspecified atom stereocenters. The first-order valence-electron chi connectivity index (χ1n) is 9.87. The lowest BCUT2D eigenvalue weighted by Gasteiger charge is -2.25. The van der Waals surface area contributed by atoms with Crippen LogP contribution in [0.4, 0.5) is 0 Å². The molecule has 1 aromatic rings. The van der Waals surface area contributed by atoms with Crippen molar-refractivity contribution in [2.24, 2.45) is 0 Å². The second kappa shape index (κ2) is 13.0. The predicted molar refractivity (Wildman–Crippen MR) is 122 cm³/mol. The van der Waals surface area contributed by atoms with Gasteiger partial charge in [-0.25, -0.2) is 0 Å². The Bertz CT molecular complexity index is 719. The normalized spacial score (nSPS) is 12.2. The lowest BCUT2D eigenvalue weighted by Crippen LogP contribution is -2.34. The Labute approximate surface area is 189 Å². The maximum atomic E-state index is 12.9. The van der Waals surface area contributed by atoms with Gasteiger partial charge in [-0.3, -0.25) is 9.59 Å². The van der Waals surface area contributed by atoms with Crippen LogP contribution in [0.2, 0.25) is 0 Å². The molecule has 0 bridgehead atoms. The van der Waals surface area contributed by atoms with Crippen molar-refractivity contribution in [3.05, 3.63) is 34.9 Å². The summed E-state index contributed by atoms with van der Waals surface area (Å²) in [4.78, 5) is 37.6. The van der Waals surface area contributed by atoms with E-state index < -0.39 is 5.60 Å². The zero-order valence-electron chi connectivity index (χ0n) is 18.0. The summed E-state index contributed by atoms with van der Waals surface area (Å²) in [5.41, 5.74) is 1.68. The number of alkyl halides is 2. The number of hydrogen-bond acceptors (Lipinski definition) is 5. The maximum absolute atomic E-state index is 12.9. The van der Waals surface area contributed by atoms with E-state index in [1.807, 2.05) is 33.8 Å². The summed E-state index contributed by atoms with van der Waals surface area (Å²) < 4.78 is 5.46. The standard InChI is InChI=1S/C21H30BCl2N2O4/c1-15-5-6-16(20(29)26(9-7-23)10-8-24)11-18(15)17(13-25-22-14-27)12-19(28)30-21(2,3)4/h5-6,11,14,17,25H,7-10,12-13H2,1-4H3. The second-order valence-electron chi connectivity index (χ2n) is 7.94. The minimum Gasteiger partial charge on any atom is -0.460 e. The van der Waals surface area contributed by atoms with E-state index in [9.17, 15) is 14.4 Å². The molecule has 1 aromatic carbocycles. The van der Waals surface area contributed by atoms with Crippen LogP contribution in [0.1, 0.15) is 54.6 Å². The summed E-state index contributed by atoms with van der Waals surface area (Å²) in [6.07, 6.45) is 0.760. The Hall–Kier alpha value is -1.57. The van der Waals surface area contributed by atoms with Crippen molar-refractivity contribution in [3.63, 3.8) is 0 Å². The van der Waals surface area contributed by atoms with Gasteiger partial charge in [-0.15, -0.1) is 23.2 Å². The highest BCUT2D eigenvalue weighted by atomic mass is 35.5. The number of aryl methyl sites for hydroxylation is 1. The molecule has 0 aromatic heterocycles. The van der Waals surface area contributed by atoms with Gasteiger partial charge in [0.2, 0.25) is 0 Å². The third-order valence-electron chi connectivity index (χ3n) is 4.35. The Morgan fingerprint density at radius 1 is 1.23 bits per heavy atom. The van der Waals surface area contributed by atoms with Crippen molar-refractivity contribution < 1.29 is 19.1 Å². The molecule has 0 fully saturated rings. The lowest BCUT2D eigenvalue weighted by molar-refractivity contribution is -0.155. The SMILES string of the molecule is Cc1ccc(C(=O)N(CCCl)CCCl)cc1C(CN[B]C=O)CC(=O)OC(C)(C)C. The number of amides is 1. The van der Waals surface area contributed by atoms with Crippen LogP contribution < -0.4 is 5.23 Å². The van der Waals surface area contributed by atoms with Gasteiger partial charge in [0, 0.05) is 36.3 Å². The van der Waals surface area contributed by atoms with Crippen molar-refractivity contribution in [2.75, 3.05) is 31.4 Å². The Kier molecular flexibility index (Phi) is 11.5. The fourth-order valence-electron chi connectivity index (χ4n) is 3.05. The minimum atomic E-state index is -0.597. The van der Waals surface area contributed by atoms with Gasteiger partial charge >= 0.3 is 5.97 Å². The van der Waals surface area contributed by atoms with Crippen LogP contribution in [-0.4, -0.2) is 67.4 Å². The number of carbonyl (C=O) groups excluding carboxylic acids is 3. The van der Waals surface area contributed by atoms with Crippen LogP contribution in [0.25, 0.3) is 0 Å². The first kappa shape index (κ1) is 26.5. The molecular formula is C21H30BCl2N2O4. The van der Waals surface area contributed by atoms with E-state index in [2.05, 4.69) is 5.23 Å². The van der Waals surface area contributed by atoms with Gasteiger partial charge in [0.25, 0.3) is 13.3 Å². The zero-order chi connectivity index (χ0) is 22.7. The Morgan fingerprint density at radius 3 is 2.40 bits per heavy atom. The molecule has 6 nitrogen and oxygen atoms in total. The number of benzene rings is 1. The van der Waals surface area contributed by atoms with Crippen molar-refractivity contribution in [2.45, 2.75) is 45.6 Å². The molecule has 0 aliphatic rings. The second-order valence-corrected chi connectivity index (χ2v) is 8.70. The van der Waals surface area contributed by atoms with Gasteiger partial charge in [-0.2, -0.15) is 0 Å². The average molecular weight is 456 g/mol. The largest absolute Gasteiger partial charge is 0.460 e. The molecule has 0 saturated carbocycles. The van der Waals surface area contributed by atoms with Crippen molar-refractivity contribution in [1.82, 2.24) is 10.1 Å².